The van der Waals surface area contributed by atoms with Gasteiger partial charge in [0.15, 0.2) is 5.96 Å². The first-order valence-electron chi connectivity index (χ1n) is 36.3. The van der Waals surface area contributed by atoms with Crippen molar-refractivity contribution in [2.24, 2.45) is 68.2 Å². The number of benzene rings is 3. The number of primary amides is 3. The molecule has 3 aliphatic heterocycles. The molecule has 111 heavy (non-hydrogen) atoms. The highest BCUT2D eigenvalue weighted by Gasteiger charge is 2.61. The fourth-order valence-electron chi connectivity index (χ4n) is 15.8. The number of likely N-dealkylation sites (tertiary alicyclic amines) is 1. The van der Waals surface area contributed by atoms with Crippen LogP contribution < -0.4 is 76.5 Å². The lowest BCUT2D eigenvalue weighted by atomic mass is 9.48. The van der Waals surface area contributed by atoms with Crippen LogP contribution in [0.1, 0.15) is 126 Å². The van der Waals surface area contributed by atoms with Crippen molar-refractivity contribution in [2.45, 2.75) is 177 Å². The average molecular weight is 1600 g/mol. The van der Waals surface area contributed by atoms with Gasteiger partial charge in [-0.3, -0.25) is 67.3 Å². The zero-order valence-electron chi connectivity index (χ0n) is 61.0. The molecule has 13 amide bonds. The molecule has 6 aliphatic rings. The highest BCUT2D eigenvalue weighted by molar-refractivity contribution is 8.76. The average Bonchev–Trinajstić information content (AvgIpc) is 1.62. The first-order chi connectivity index (χ1) is 52.3. The third-order valence-corrected chi connectivity index (χ3v) is 23.8. The Kier molecular flexibility index (Phi) is 29.7. The van der Waals surface area contributed by atoms with Crippen LogP contribution in [0.5, 0.6) is 5.75 Å². The summed E-state index contributed by atoms with van der Waals surface area (Å²) in [5, 5.41) is 33.1. The van der Waals surface area contributed by atoms with Crippen molar-refractivity contribution in [1.82, 2.24) is 47.4 Å². The monoisotopic (exact) mass is 1600 g/mol. The normalized spacial score (nSPS) is 26.9. The van der Waals surface area contributed by atoms with Gasteiger partial charge in [-0.25, -0.2) is 0 Å². The summed E-state index contributed by atoms with van der Waals surface area (Å²) in [7, 11) is 2.19. The molecule has 0 spiro atoms. The van der Waals surface area contributed by atoms with Crippen LogP contribution in [0.25, 0.3) is 0 Å². The van der Waals surface area contributed by atoms with Crippen LogP contribution in [-0.2, 0) is 87.5 Å². The molecule has 3 heterocycles. The molecule has 0 bridgehead atoms. The van der Waals surface area contributed by atoms with Crippen LogP contribution in [0.4, 0.5) is 32.0 Å². The number of nitrogens with two attached hydrogens (primary N) is 5. The predicted molar refractivity (Wildman–Crippen MR) is 396 cm³/mol. The van der Waals surface area contributed by atoms with Gasteiger partial charge < -0.3 is 86.5 Å². The third kappa shape index (κ3) is 23.5. The van der Waals surface area contributed by atoms with Crippen LogP contribution in [0.15, 0.2) is 89.9 Å². The Labute approximate surface area is 643 Å². The summed E-state index contributed by atoms with van der Waals surface area (Å²) >= 11 is 0. The highest BCUT2D eigenvalue weighted by atomic mass is 33.1. The number of guanidine groups is 1. The lowest BCUT2D eigenvalue weighted by molar-refractivity contribution is -0.142. The van der Waals surface area contributed by atoms with E-state index in [0.29, 0.717) is 60.4 Å². The molecule has 3 saturated carbocycles. The molecule has 3 aliphatic carbocycles. The number of fused-ring (bicyclic) bond motifs is 5. The van der Waals surface area contributed by atoms with Gasteiger partial charge in [-0.15, -0.1) is 0 Å². The van der Waals surface area contributed by atoms with Crippen molar-refractivity contribution < 1.29 is 93.8 Å². The second-order valence-electron chi connectivity index (χ2n) is 29.0. The molecule has 9 rings (SSSR count). The maximum atomic E-state index is 14.6. The van der Waals surface area contributed by atoms with Crippen LogP contribution in [0.3, 0.4) is 0 Å². The standard InChI is InChI=1S/C46H64N14O12S2.C27H30F6N2O2/c47-35(62)15-14-29-40(67)58-32(22-36(48)63)43(70)59-33(45(72)60-18-5-9-34(60)44(71)56-28(8-4-17-52-46(50)51)39(66)53-23-37(49)64)24-74-73-19-16-38(65)54-30(21-26-10-12-27(61)13-11-26)41(68)57-31(42(69)55-29)20-25-6-2-1-3-7-25;1-24-11-9-17-15(4-8-21-25(17,2)12-10-22(36)35-21)16(24)6-7-19(24)23(37)34-20-13-14(26(28,29)30)3-5-18(20)27(31,32)33/h1-3,6-7,10-13,28-34,61H,4-5,8-9,14-24H2,(H2,47,62)(H2,48,63)(H2,49,64)(H,53,66)(H,54,65)(H,55,69)(H,56,71)(H,57,68)(H,58,67)(H,59,70)(H4,50,51,52);3,5,10,12-13,15-17,19,21H,4,6-9,11H2,1-2H3,(H,34,37)(H,35,36)/t28-,29+,30+,31+,32+,33+,34+;15-,16-,17-,19+,21+,24-,25+/m10/s1. The zero-order chi connectivity index (χ0) is 81.3. The third-order valence-electron chi connectivity index (χ3n) is 21.4. The number of alkyl halides is 6. The second kappa shape index (κ2) is 38.2. The Hall–Kier alpha value is -10.1. The molecule has 2 saturated heterocycles. The van der Waals surface area contributed by atoms with E-state index in [1.165, 1.54) is 17.0 Å². The lowest BCUT2D eigenvalue weighted by Gasteiger charge is -2.58. The number of phenolic OH excluding ortho intramolecular Hbond substituents is 1. The van der Waals surface area contributed by atoms with Gasteiger partial charge in [0.1, 0.15) is 48.0 Å². The molecule has 0 radical (unpaired) electrons. The number of carbonyl (C=O) groups excluding carboxylic acids is 13. The maximum Gasteiger partial charge on any atom is 0.418 e. The number of rotatable bonds is 21. The Morgan fingerprint density at radius 3 is 1.98 bits per heavy atom. The smallest absolute Gasteiger partial charge is 0.418 e. The van der Waals surface area contributed by atoms with Gasteiger partial charge >= 0.3 is 12.4 Å². The summed E-state index contributed by atoms with van der Waals surface area (Å²) in [4.78, 5) is 178. The number of hydrogen-bond donors (Lipinski definition) is 15. The van der Waals surface area contributed by atoms with Crippen LogP contribution >= 0.6 is 21.6 Å². The minimum Gasteiger partial charge on any atom is -0.508 e. The molecule has 3 aromatic rings. The van der Waals surface area contributed by atoms with E-state index in [-0.39, 0.29) is 98.1 Å². The second-order valence-corrected chi connectivity index (χ2v) is 31.6. The fourth-order valence-corrected chi connectivity index (χ4v) is 18.0. The quantitative estimate of drug-likeness (QED) is 0.0239. The van der Waals surface area contributed by atoms with Gasteiger partial charge in [-0.2, -0.15) is 26.3 Å². The van der Waals surface area contributed by atoms with E-state index in [1.54, 1.807) is 48.5 Å². The molecular formula is C73H94F6N16O14S2. The number of nitrogens with zero attached hydrogens (tertiary/aromatic N) is 2. The van der Waals surface area contributed by atoms with Gasteiger partial charge in [-0.05, 0) is 141 Å². The molecule has 604 valence electrons. The van der Waals surface area contributed by atoms with E-state index in [1.807, 2.05) is 13.0 Å². The van der Waals surface area contributed by atoms with E-state index in [2.05, 4.69) is 59.8 Å². The van der Waals surface area contributed by atoms with Crippen molar-refractivity contribution in [3.63, 3.8) is 0 Å². The number of amides is 13. The molecular weight excluding hydrogens is 1500 g/mol. The number of aliphatic imine (C=N–C) groups is 1. The Bertz CT molecular complexity index is 4010. The van der Waals surface area contributed by atoms with E-state index in [9.17, 15) is 93.8 Å². The molecule has 0 unspecified atom stereocenters. The fraction of sp³-hybridized carbons (Fsp3) is 0.534. The zero-order valence-corrected chi connectivity index (χ0v) is 62.6. The summed E-state index contributed by atoms with van der Waals surface area (Å²) in [5.41, 5.74) is 24.1. The number of anilines is 1. The first-order valence-corrected chi connectivity index (χ1v) is 38.8. The molecule has 3 aromatic carbocycles. The van der Waals surface area contributed by atoms with Crippen LogP contribution in [0, 0.1) is 34.5 Å². The molecule has 14 atom stereocenters. The minimum atomic E-state index is -4.91. The van der Waals surface area contributed by atoms with E-state index in [4.69, 9.17) is 28.7 Å². The van der Waals surface area contributed by atoms with E-state index < -0.39 is 179 Å². The number of hydrogen-bond acceptors (Lipinski definition) is 17. The molecule has 0 aromatic heterocycles. The maximum absolute atomic E-state index is 14.6. The molecule has 5 fully saturated rings. The van der Waals surface area contributed by atoms with Crippen molar-refractivity contribution in [2.75, 3.05) is 36.5 Å². The van der Waals surface area contributed by atoms with Gasteiger partial charge in [0.05, 0.1) is 29.8 Å². The Morgan fingerprint density at radius 1 is 0.685 bits per heavy atom. The number of nitrogens with one attached hydrogen (secondary N) is 9. The van der Waals surface area contributed by atoms with Gasteiger partial charge in [-0.1, -0.05) is 84.0 Å². The highest BCUT2D eigenvalue weighted by Crippen LogP contribution is 2.65. The van der Waals surface area contributed by atoms with E-state index >= 15 is 0 Å². The van der Waals surface area contributed by atoms with Crippen molar-refractivity contribution in [3.05, 3.63) is 107 Å². The van der Waals surface area contributed by atoms with Gasteiger partial charge in [0.2, 0.25) is 76.8 Å². The van der Waals surface area contributed by atoms with Crippen molar-refractivity contribution in [3.8, 4) is 5.75 Å². The Balaban J connectivity index is 0.000000345. The SMILES string of the molecule is C[C@]12C=CC(=O)N[C@@H]1CC[C@@H]1[C@@H]2CC[C@]2(C)[C@@H](C(=O)Nc3cc(C(F)(F)F)ccc3C(F)(F)F)CC[C@@H]12.NC(=O)CC[C@@H]1NC(=O)[C@H](Cc2ccccc2)NC(=O)[C@H](Cc2ccc(O)cc2)NC(=O)CCSSC[C@@H](C(=O)N2CCC[C@H]2C(=O)N[C@H](CCCN=C(N)N)C(=O)NCC(N)=O)NC(=O)[C@H](CC(N)=O)NC1=O. The van der Waals surface area contributed by atoms with E-state index in [0.717, 1.165) is 47.3 Å². The number of carbonyl (C=O) groups is 13. The molecule has 38 heteroatoms. The van der Waals surface area contributed by atoms with Gasteiger partial charge in [0, 0.05) is 67.7 Å². The molecule has 30 nitrogen and oxygen atoms in total. The summed E-state index contributed by atoms with van der Waals surface area (Å²) in [5.74, 6) is -10.3. The number of phenols is 1. The van der Waals surface area contributed by atoms with Crippen LogP contribution in [-0.4, -0.2) is 172 Å². The van der Waals surface area contributed by atoms with Crippen molar-refractivity contribution >= 4 is 110 Å². The van der Waals surface area contributed by atoms with Crippen molar-refractivity contribution in [1.29, 1.82) is 0 Å². The first kappa shape index (κ1) is 86.5. The minimum absolute atomic E-state index is 0.0128. The summed E-state index contributed by atoms with van der Waals surface area (Å²) < 4.78 is 80.4. The number of aromatic hydroxyl groups is 1. The predicted octanol–water partition coefficient (Wildman–Crippen LogP) is 2.23. The van der Waals surface area contributed by atoms with Crippen LogP contribution in [0.2, 0.25) is 0 Å². The summed E-state index contributed by atoms with van der Waals surface area (Å²) in [6, 6.07) is 5.70. The lowest BCUT2D eigenvalue weighted by Crippen LogP contribution is -2.61. The Morgan fingerprint density at radius 2 is 1.33 bits per heavy atom. The topological polar surface area (TPSA) is 496 Å². The number of halogens is 6. The summed E-state index contributed by atoms with van der Waals surface area (Å²) in [6.45, 7) is 3.77. The molecule has 20 N–H and O–H groups in total. The van der Waals surface area contributed by atoms with Gasteiger partial charge in [0.25, 0.3) is 0 Å². The summed E-state index contributed by atoms with van der Waals surface area (Å²) in [6.07, 6.45) is -3.07. The largest absolute Gasteiger partial charge is 0.508 e.